The van der Waals surface area contributed by atoms with Crippen molar-refractivity contribution in [3.05, 3.63) is 57.6 Å². The minimum absolute atomic E-state index is 0.0271. The molecule has 0 atom stereocenters. The quantitative estimate of drug-likeness (QED) is 0.535. The Morgan fingerprint density at radius 3 is 2.54 bits per heavy atom. The van der Waals surface area contributed by atoms with E-state index in [1.165, 1.54) is 6.07 Å². The molecule has 1 N–H and O–H groups in total. The Labute approximate surface area is 161 Å². The van der Waals surface area contributed by atoms with Crippen LogP contribution in [-0.4, -0.2) is 35.5 Å². The van der Waals surface area contributed by atoms with Gasteiger partial charge in [0.2, 0.25) is 0 Å². The van der Waals surface area contributed by atoms with Crippen LogP contribution >= 0.6 is 0 Å². The number of hydrogen-bond donors (Lipinski definition) is 1. The number of aryl methyl sites for hydroxylation is 1. The van der Waals surface area contributed by atoms with E-state index >= 15 is 0 Å². The topological polar surface area (TPSA) is 91.5 Å². The van der Waals surface area contributed by atoms with Crippen LogP contribution in [0.3, 0.4) is 0 Å². The molecule has 0 saturated heterocycles. The monoisotopic (exact) mass is 380 g/mol. The number of nitrogens with one attached hydrogen (secondary N) is 1. The zero-order valence-electron chi connectivity index (χ0n) is 15.9. The first-order chi connectivity index (χ1) is 13.5. The number of nitro benzene ring substituents is 1. The fourth-order valence-corrected chi connectivity index (χ4v) is 3.57. The molecule has 1 aliphatic rings. The molecular formula is C20H20N4O4. The molecule has 2 heterocycles. The molecule has 0 radical (unpaired) electrons. The summed E-state index contributed by atoms with van der Waals surface area (Å²) < 4.78 is 12.8. The number of anilines is 1. The van der Waals surface area contributed by atoms with Gasteiger partial charge in [-0.05, 0) is 31.0 Å². The van der Waals surface area contributed by atoms with Gasteiger partial charge in [0.15, 0.2) is 0 Å². The third-order valence-electron chi connectivity index (χ3n) is 4.95. The normalized spacial score (nSPS) is 12.4. The van der Waals surface area contributed by atoms with Crippen LogP contribution in [0.15, 0.2) is 36.4 Å². The zero-order chi connectivity index (χ0) is 19.8. The summed E-state index contributed by atoms with van der Waals surface area (Å²) in [5.41, 5.74) is 4.14. The van der Waals surface area contributed by atoms with Crippen LogP contribution in [0.4, 0.5) is 11.5 Å². The van der Waals surface area contributed by atoms with E-state index in [9.17, 15) is 10.1 Å². The summed E-state index contributed by atoms with van der Waals surface area (Å²) in [5.74, 6) is 2.16. The first kappa shape index (κ1) is 17.8. The summed E-state index contributed by atoms with van der Waals surface area (Å²) in [5, 5.41) is 19.4. The molecule has 8 nitrogen and oxygen atoms in total. The predicted octanol–water partition coefficient (Wildman–Crippen LogP) is 3.74. The highest BCUT2D eigenvalue weighted by Gasteiger charge is 2.28. The van der Waals surface area contributed by atoms with Gasteiger partial charge in [-0.15, -0.1) is 0 Å². The lowest BCUT2D eigenvalue weighted by atomic mass is 10.0. The Balaban J connectivity index is 1.97. The molecule has 3 aromatic rings. The number of nitrogens with zero attached hydrogens (tertiary/aromatic N) is 3. The molecule has 1 aliphatic heterocycles. The highest BCUT2D eigenvalue weighted by Crippen LogP contribution is 2.43. The fraction of sp³-hybridized carbons (Fsp3) is 0.250. The van der Waals surface area contributed by atoms with Crippen molar-refractivity contribution in [3.63, 3.8) is 0 Å². The van der Waals surface area contributed by atoms with E-state index in [1.54, 1.807) is 31.0 Å². The smallest absolute Gasteiger partial charge is 0.271 e. The summed E-state index contributed by atoms with van der Waals surface area (Å²) >= 11 is 0. The van der Waals surface area contributed by atoms with Gasteiger partial charge in [-0.25, -0.2) is 4.68 Å². The number of methoxy groups -OCH3 is 2. The van der Waals surface area contributed by atoms with E-state index in [1.807, 2.05) is 25.1 Å². The molecule has 28 heavy (non-hydrogen) atoms. The second-order valence-corrected chi connectivity index (χ2v) is 6.53. The van der Waals surface area contributed by atoms with Gasteiger partial charge >= 0.3 is 0 Å². The van der Waals surface area contributed by atoms with E-state index in [0.29, 0.717) is 17.2 Å². The fourth-order valence-electron chi connectivity index (χ4n) is 3.57. The molecule has 2 aromatic carbocycles. The molecule has 0 unspecified atom stereocenters. The standard InChI is InChI=1S/C20H20N4O4/c1-12-7-8-13(24(25)26)11-15(12)23-20-14(9-10-21-20)19(22-23)18-16(27-2)5-4-6-17(18)28-3/h4-8,11,21H,9-10H2,1-3H3. The van der Waals surface area contributed by atoms with Crippen LogP contribution in [0.1, 0.15) is 11.1 Å². The summed E-state index contributed by atoms with van der Waals surface area (Å²) in [7, 11) is 3.22. The first-order valence-corrected chi connectivity index (χ1v) is 8.87. The molecular weight excluding hydrogens is 360 g/mol. The summed E-state index contributed by atoms with van der Waals surface area (Å²) in [6.07, 6.45) is 0.792. The number of hydrogen-bond acceptors (Lipinski definition) is 6. The number of fused-ring (bicyclic) bond motifs is 1. The molecule has 8 heteroatoms. The molecule has 0 amide bonds. The largest absolute Gasteiger partial charge is 0.496 e. The molecule has 0 aliphatic carbocycles. The van der Waals surface area contributed by atoms with E-state index in [2.05, 4.69) is 5.32 Å². The Morgan fingerprint density at radius 1 is 1.18 bits per heavy atom. The third kappa shape index (κ3) is 2.74. The molecule has 0 spiro atoms. The van der Waals surface area contributed by atoms with Gasteiger partial charge in [0.1, 0.15) is 23.0 Å². The van der Waals surface area contributed by atoms with Crippen molar-refractivity contribution in [1.82, 2.24) is 9.78 Å². The minimum atomic E-state index is -0.399. The minimum Gasteiger partial charge on any atom is -0.496 e. The third-order valence-corrected chi connectivity index (χ3v) is 4.95. The number of non-ortho nitro benzene ring substituents is 1. The molecule has 4 rings (SSSR count). The van der Waals surface area contributed by atoms with Crippen molar-refractivity contribution in [1.29, 1.82) is 0 Å². The van der Waals surface area contributed by atoms with Gasteiger partial charge < -0.3 is 14.8 Å². The van der Waals surface area contributed by atoms with Crippen LogP contribution in [0, 0.1) is 17.0 Å². The summed E-state index contributed by atoms with van der Waals surface area (Å²) in [6.45, 7) is 2.68. The average molecular weight is 380 g/mol. The summed E-state index contributed by atoms with van der Waals surface area (Å²) in [4.78, 5) is 10.9. The molecule has 0 saturated carbocycles. The molecule has 1 aromatic heterocycles. The maximum Gasteiger partial charge on any atom is 0.271 e. The van der Waals surface area contributed by atoms with Crippen LogP contribution in [-0.2, 0) is 6.42 Å². The number of aromatic nitrogens is 2. The van der Waals surface area contributed by atoms with Gasteiger partial charge in [0.05, 0.1) is 30.4 Å². The number of ether oxygens (including phenoxy) is 2. The van der Waals surface area contributed by atoms with Gasteiger partial charge in [-0.1, -0.05) is 12.1 Å². The molecule has 0 bridgehead atoms. The Morgan fingerprint density at radius 2 is 1.89 bits per heavy atom. The van der Waals surface area contributed by atoms with Crippen LogP contribution < -0.4 is 14.8 Å². The lowest BCUT2D eigenvalue weighted by Gasteiger charge is -2.12. The second kappa shape index (κ2) is 6.88. The average Bonchev–Trinajstić information content (AvgIpc) is 3.30. The van der Waals surface area contributed by atoms with Crippen molar-refractivity contribution in [2.75, 3.05) is 26.1 Å². The number of benzene rings is 2. The summed E-state index contributed by atoms with van der Waals surface area (Å²) in [6, 6.07) is 10.4. The second-order valence-electron chi connectivity index (χ2n) is 6.53. The Kier molecular flexibility index (Phi) is 4.38. The van der Waals surface area contributed by atoms with Gasteiger partial charge in [-0.3, -0.25) is 10.1 Å². The lowest BCUT2D eigenvalue weighted by Crippen LogP contribution is -2.06. The van der Waals surface area contributed by atoms with Crippen molar-refractivity contribution in [2.24, 2.45) is 0 Å². The first-order valence-electron chi connectivity index (χ1n) is 8.87. The molecule has 0 fully saturated rings. The Hall–Kier alpha value is -3.55. The van der Waals surface area contributed by atoms with Gasteiger partial charge in [0, 0.05) is 24.2 Å². The van der Waals surface area contributed by atoms with Crippen molar-refractivity contribution in [3.8, 4) is 28.4 Å². The van der Waals surface area contributed by atoms with Crippen LogP contribution in [0.2, 0.25) is 0 Å². The number of nitro groups is 1. The highest BCUT2D eigenvalue weighted by molar-refractivity contribution is 5.81. The van der Waals surface area contributed by atoms with Crippen molar-refractivity contribution >= 4 is 11.5 Å². The van der Waals surface area contributed by atoms with Crippen molar-refractivity contribution < 1.29 is 14.4 Å². The van der Waals surface area contributed by atoms with Crippen LogP contribution in [0.25, 0.3) is 16.9 Å². The van der Waals surface area contributed by atoms with Gasteiger partial charge in [-0.2, -0.15) is 5.10 Å². The number of rotatable bonds is 5. The van der Waals surface area contributed by atoms with Gasteiger partial charge in [0.25, 0.3) is 5.69 Å². The predicted molar refractivity (Wildman–Crippen MR) is 106 cm³/mol. The van der Waals surface area contributed by atoms with Crippen LogP contribution in [0.5, 0.6) is 11.5 Å². The van der Waals surface area contributed by atoms with Crippen molar-refractivity contribution in [2.45, 2.75) is 13.3 Å². The molecule has 144 valence electrons. The van der Waals surface area contributed by atoms with E-state index in [4.69, 9.17) is 14.6 Å². The van der Waals surface area contributed by atoms with E-state index in [0.717, 1.165) is 41.2 Å². The maximum atomic E-state index is 11.3. The highest BCUT2D eigenvalue weighted by atomic mass is 16.6. The van der Waals surface area contributed by atoms with E-state index in [-0.39, 0.29) is 5.69 Å². The van der Waals surface area contributed by atoms with E-state index < -0.39 is 4.92 Å². The maximum absolute atomic E-state index is 11.3. The SMILES string of the molecule is COc1cccc(OC)c1-c1nn(-c2cc([N+](=O)[O-])ccc2C)c2c1CCN2. The lowest BCUT2D eigenvalue weighted by molar-refractivity contribution is -0.384. The zero-order valence-corrected chi connectivity index (χ0v) is 15.9. The Bertz CT molecular complexity index is 1050.